The number of nitrogens with one attached hydrogen (secondary N) is 1. The van der Waals surface area contributed by atoms with Gasteiger partial charge in [-0.2, -0.15) is 0 Å². The topological polar surface area (TPSA) is 58.6 Å². The lowest BCUT2D eigenvalue weighted by Gasteiger charge is -2.43. The first kappa shape index (κ1) is 15.0. The largest absolute Gasteiger partial charge is 0.373 e. The molecular weight excluding hydrogens is 287 g/mol. The second-order valence-electron chi connectivity index (χ2n) is 5.86. The van der Waals surface area contributed by atoms with Crippen LogP contribution in [0.3, 0.4) is 0 Å². The maximum Gasteiger partial charge on any atom is 0.245 e. The summed E-state index contributed by atoms with van der Waals surface area (Å²) in [5.41, 5.74) is 0.890. The number of benzene rings is 1. The van der Waals surface area contributed by atoms with E-state index in [4.69, 9.17) is 4.74 Å². The van der Waals surface area contributed by atoms with Crippen molar-refractivity contribution in [2.24, 2.45) is 0 Å². The quantitative estimate of drug-likeness (QED) is 0.913. The Kier molecular flexibility index (Phi) is 4.11. The van der Waals surface area contributed by atoms with E-state index in [1.165, 1.54) is 12.1 Å². The van der Waals surface area contributed by atoms with Crippen molar-refractivity contribution in [3.8, 4) is 0 Å². The third-order valence-electron chi connectivity index (χ3n) is 4.27. The number of nitrogens with zero attached hydrogens (tertiary/aromatic N) is 1. The Hall–Kier alpha value is -1.95. The molecule has 2 saturated heterocycles. The molecule has 2 amide bonds. The van der Waals surface area contributed by atoms with E-state index in [2.05, 4.69) is 5.32 Å². The van der Waals surface area contributed by atoms with Crippen molar-refractivity contribution in [3.05, 3.63) is 35.6 Å². The first-order valence-electron chi connectivity index (χ1n) is 7.51. The van der Waals surface area contributed by atoms with Crippen LogP contribution in [-0.4, -0.2) is 41.4 Å². The Balaban J connectivity index is 1.58. The van der Waals surface area contributed by atoms with E-state index >= 15 is 0 Å². The van der Waals surface area contributed by atoms with Gasteiger partial charge < -0.3 is 15.0 Å². The van der Waals surface area contributed by atoms with Crippen LogP contribution in [0.25, 0.3) is 0 Å². The van der Waals surface area contributed by atoms with Gasteiger partial charge in [-0.05, 0) is 31.0 Å². The van der Waals surface area contributed by atoms with Gasteiger partial charge in [0.15, 0.2) is 0 Å². The zero-order chi connectivity index (χ0) is 15.7. The van der Waals surface area contributed by atoms with Crippen molar-refractivity contribution in [2.45, 2.75) is 44.6 Å². The molecule has 5 nitrogen and oxygen atoms in total. The number of carbonyl (C=O) groups is 2. The molecule has 118 valence electrons. The van der Waals surface area contributed by atoms with Crippen LogP contribution in [0.15, 0.2) is 24.3 Å². The van der Waals surface area contributed by atoms with Gasteiger partial charge in [0.2, 0.25) is 11.8 Å². The zero-order valence-corrected chi connectivity index (χ0v) is 12.4. The maximum atomic E-state index is 12.9. The van der Waals surface area contributed by atoms with Crippen LogP contribution in [0.4, 0.5) is 4.39 Å². The molecule has 2 heterocycles. The number of amides is 2. The second kappa shape index (κ2) is 6.04. The van der Waals surface area contributed by atoms with Gasteiger partial charge in [-0.1, -0.05) is 12.1 Å². The molecule has 0 spiro atoms. The lowest BCUT2D eigenvalue weighted by atomic mass is 9.95. The molecule has 6 heteroatoms. The van der Waals surface area contributed by atoms with E-state index in [9.17, 15) is 14.0 Å². The lowest BCUT2D eigenvalue weighted by Crippen LogP contribution is -2.65. The van der Waals surface area contributed by atoms with E-state index in [1.807, 2.05) is 0 Å². The number of halogens is 1. The monoisotopic (exact) mass is 306 g/mol. The minimum absolute atomic E-state index is 0.0263. The van der Waals surface area contributed by atoms with E-state index in [-0.39, 0.29) is 23.7 Å². The van der Waals surface area contributed by atoms with Crippen LogP contribution >= 0.6 is 0 Å². The standard InChI is InChI=1S/C16H19FN2O3/c1-10-16(21)19-7-6-13(8-14(19)15(20)18-10)22-9-11-2-4-12(17)5-3-11/h2-5,10,13-14H,6-9H2,1H3,(H,18,20). The second-order valence-corrected chi connectivity index (χ2v) is 5.86. The molecule has 1 aromatic carbocycles. The van der Waals surface area contributed by atoms with E-state index < -0.39 is 12.1 Å². The van der Waals surface area contributed by atoms with Gasteiger partial charge in [0, 0.05) is 13.0 Å². The molecule has 0 aromatic heterocycles. The molecular formula is C16H19FN2O3. The van der Waals surface area contributed by atoms with Gasteiger partial charge in [0.05, 0.1) is 12.7 Å². The molecule has 0 aliphatic carbocycles. The van der Waals surface area contributed by atoms with Crippen LogP contribution < -0.4 is 5.32 Å². The summed E-state index contributed by atoms with van der Waals surface area (Å²) in [4.78, 5) is 25.8. The minimum Gasteiger partial charge on any atom is -0.373 e. The van der Waals surface area contributed by atoms with Crippen molar-refractivity contribution < 1.29 is 18.7 Å². The highest BCUT2D eigenvalue weighted by Gasteiger charge is 2.42. The van der Waals surface area contributed by atoms with Crippen molar-refractivity contribution in [1.82, 2.24) is 10.2 Å². The fourth-order valence-corrected chi connectivity index (χ4v) is 3.01. The number of carbonyl (C=O) groups excluding carboxylic acids is 2. The highest BCUT2D eigenvalue weighted by molar-refractivity contribution is 5.96. The molecule has 3 unspecified atom stereocenters. The Bertz CT molecular complexity index is 575. The van der Waals surface area contributed by atoms with E-state index in [0.717, 1.165) is 5.56 Å². The Morgan fingerprint density at radius 2 is 2.05 bits per heavy atom. The number of piperidine rings is 1. The predicted molar refractivity (Wildman–Crippen MR) is 77.3 cm³/mol. The van der Waals surface area contributed by atoms with Crippen LogP contribution in [0.2, 0.25) is 0 Å². The Labute approximate surface area is 128 Å². The molecule has 2 aliphatic rings. The Morgan fingerprint density at radius 3 is 2.77 bits per heavy atom. The zero-order valence-electron chi connectivity index (χ0n) is 12.4. The number of fused-ring (bicyclic) bond motifs is 1. The van der Waals surface area contributed by atoms with Gasteiger partial charge in [-0.25, -0.2) is 4.39 Å². The molecule has 22 heavy (non-hydrogen) atoms. The number of piperazine rings is 1. The van der Waals surface area contributed by atoms with Crippen LogP contribution in [0.5, 0.6) is 0 Å². The van der Waals surface area contributed by atoms with Gasteiger partial charge in [0.1, 0.15) is 17.9 Å². The summed E-state index contributed by atoms with van der Waals surface area (Å²) in [6, 6.07) is 5.29. The number of hydrogen-bond donors (Lipinski definition) is 1. The summed E-state index contributed by atoms with van der Waals surface area (Å²) in [5.74, 6) is -0.410. The van der Waals surface area contributed by atoms with E-state index in [0.29, 0.717) is 26.0 Å². The SMILES string of the molecule is CC1NC(=O)C2CC(OCc3ccc(F)cc3)CCN2C1=O. The maximum absolute atomic E-state index is 12.9. The first-order valence-corrected chi connectivity index (χ1v) is 7.51. The van der Waals surface area contributed by atoms with Crippen LogP contribution in [-0.2, 0) is 20.9 Å². The number of ether oxygens (including phenoxy) is 1. The van der Waals surface area contributed by atoms with Gasteiger partial charge in [-0.3, -0.25) is 9.59 Å². The smallest absolute Gasteiger partial charge is 0.245 e. The summed E-state index contributed by atoms with van der Waals surface area (Å²) >= 11 is 0. The molecule has 0 radical (unpaired) electrons. The number of rotatable bonds is 3. The van der Waals surface area contributed by atoms with Crippen LogP contribution in [0.1, 0.15) is 25.3 Å². The summed E-state index contributed by atoms with van der Waals surface area (Å²) in [7, 11) is 0. The van der Waals surface area contributed by atoms with Gasteiger partial charge >= 0.3 is 0 Å². The van der Waals surface area contributed by atoms with Crippen molar-refractivity contribution >= 4 is 11.8 Å². The average molecular weight is 306 g/mol. The fraction of sp³-hybridized carbons (Fsp3) is 0.500. The van der Waals surface area contributed by atoms with Crippen molar-refractivity contribution in [1.29, 1.82) is 0 Å². The molecule has 0 bridgehead atoms. The molecule has 3 rings (SSSR count). The van der Waals surface area contributed by atoms with Gasteiger partial charge in [0.25, 0.3) is 0 Å². The fourth-order valence-electron chi connectivity index (χ4n) is 3.01. The lowest BCUT2D eigenvalue weighted by molar-refractivity contribution is -0.154. The normalized spacial score (nSPS) is 28.3. The minimum atomic E-state index is -0.444. The highest BCUT2D eigenvalue weighted by atomic mass is 19.1. The summed E-state index contributed by atoms with van der Waals surface area (Å²) in [6.07, 6.45) is 1.15. The summed E-state index contributed by atoms with van der Waals surface area (Å²) in [5, 5.41) is 2.70. The molecule has 2 fully saturated rings. The third kappa shape index (κ3) is 2.97. The summed E-state index contributed by atoms with van der Waals surface area (Å²) in [6.45, 7) is 2.62. The van der Waals surface area contributed by atoms with E-state index in [1.54, 1.807) is 24.0 Å². The summed E-state index contributed by atoms with van der Waals surface area (Å²) < 4.78 is 18.7. The van der Waals surface area contributed by atoms with Crippen molar-refractivity contribution in [3.63, 3.8) is 0 Å². The highest BCUT2D eigenvalue weighted by Crippen LogP contribution is 2.24. The molecule has 2 aliphatic heterocycles. The van der Waals surface area contributed by atoms with Gasteiger partial charge in [-0.15, -0.1) is 0 Å². The first-order chi connectivity index (χ1) is 10.5. The molecule has 0 saturated carbocycles. The average Bonchev–Trinajstić information content (AvgIpc) is 2.52. The molecule has 1 aromatic rings. The predicted octanol–water partition coefficient (Wildman–Crippen LogP) is 1.22. The number of hydrogen-bond acceptors (Lipinski definition) is 3. The van der Waals surface area contributed by atoms with Crippen LogP contribution in [0, 0.1) is 5.82 Å². The Morgan fingerprint density at radius 1 is 1.32 bits per heavy atom. The third-order valence-corrected chi connectivity index (χ3v) is 4.27. The molecule has 3 atom stereocenters. The van der Waals surface area contributed by atoms with Crippen molar-refractivity contribution in [2.75, 3.05) is 6.54 Å². The molecule has 1 N–H and O–H groups in total.